The number of carbonyl (C=O) groups is 3. The van der Waals surface area contributed by atoms with Gasteiger partial charge in [-0.2, -0.15) is 0 Å². The predicted molar refractivity (Wildman–Crippen MR) is 138 cm³/mol. The number of methoxy groups -OCH3 is 2. The molecule has 36 heavy (non-hydrogen) atoms. The van der Waals surface area contributed by atoms with Crippen LogP contribution < -0.4 is 14.8 Å². The average molecular weight is 491 g/mol. The van der Waals surface area contributed by atoms with Gasteiger partial charge in [-0.1, -0.05) is 30.3 Å². The van der Waals surface area contributed by atoms with E-state index in [1.807, 2.05) is 30.3 Å². The van der Waals surface area contributed by atoms with E-state index in [1.165, 1.54) is 25.8 Å². The number of amides is 2. The molecule has 0 saturated carbocycles. The first kappa shape index (κ1) is 26.3. The topological polar surface area (TPSA) is 105 Å². The first-order valence-electron chi connectivity index (χ1n) is 11.3. The van der Waals surface area contributed by atoms with Crippen molar-refractivity contribution < 1.29 is 29.0 Å². The molecular formula is C28H30N2O6. The molecule has 0 radical (unpaired) electrons. The van der Waals surface area contributed by atoms with Crippen molar-refractivity contribution in [2.75, 3.05) is 26.6 Å². The number of aliphatic carboxylic acids is 1. The van der Waals surface area contributed by atoms with Gasteiger partial charge in [0.05, 0.1) is 20.6 Å². The van der Waals surface area contributed by atoms with Gasteiger partial charge in [-0.25, -0.2) is 4.79 Å². The number of hydrogen-bond donors (Lipinski definition) is 2. The zero-order valence-corrected chi connectivity index (χ0v) is 21.0. The van der Waals surface area contributed by atoms with Crippen LogP contribution in [-0.4, -0.2) is 54.6 Å². The van der Waals surface area contributed by atoms with Crippen molar-refractivity contribution in [1.82, 2.24) is 4.90 Å². The number of carboxylic acids is 1. The minimum Gasteiger partial charge on any atom is -0.493 e. The number of nitrogens with zero attached hydrogens (tertiary/aromatic N) is 1. The van der Waals surface area contributed by atoms with Gasteiger partial charge in [-0.3, -0.25) is 9.59 Å². The Morgan fingerprint density at radius 2 is 1.42 bits per heavy atom. The first-order valence-corrected chi connectivity index (χ1v) is 11.3. The summed E-state index contributed by atoms with van der Waals surface area (Å²) in [6.45, 7) is 2.96. The Hall–Kier alpha value is -4.33. The molecule has 2 amide bonds. The van der Waals surface area contributed by atoms with Crippen LogP contribution in [0.3, 0.4) is 0 Å². The largest absolute Gasteiger partial charge is 0.493 e. The number of carbonyl (C=O) groups excluding carboxylic acids is 2. The third-order valence-corrected chi connectivity index (χ3v) is 6.11. The minimum absolute atomic E-state index is 0.161. The van der Waals surface area contributed by atoms with Gasteiger partial charge in [-0.15, -0.1) is 0 Å². The molecule has 8 nitrogen and oxygen atoms in total. The molecule has 0 unspecified atom stereocenters. The molecule has 0 heterocycles. The van der Waals surface area contributed by atoms with Crippen molar-refractivity contribution in [3.63, 3.8) is 0 Å². The number of rotatable bonds is 9. The summed E-state index contributed by atoms with van der Waals surface area (Å²) >= 11 is 0. The van der Waals surface area contributed by atoms with E-state index in [4.69, 9.17) is 9.47 Å². The monoisotopic (exact) mass is 490 g/mol. The van der Waals surface area contributed by atoms with Gasteiger partial charge < -0.3 is 24.8 Å². The van der Waals surface area contributed by atoms with Crippen LogP contribution in [0.15, 0.2) is 66.7 Å². The number of benzene rings is 3. The Bertz CT molecular complexity index is 1250. The maximum absolute atomic E-state index is 12.7. The molecule has 0 spiro atoms. The van der Waals surface area contributed by atoms with Gasteiger partial charge in [-0.05, 0) is 66.9 Å². The fraction of sp³-hybridized carbons (Fsp3) is 0.250. The van der Waals surface area contributed by atoms with Crippen LogP contribution in [0.4, 0.5) is 5.69 Å². The van der Waals surface area contributed by atoms with E-state index in [1.54, 1.807) is 50.6 Å². The highest BCUT2D eigenvalue weighted by molar-refractivity contribution is 5.98. The summed E-state index contributed by atoms with van der Waals surface area (Å²) in [7, 11) is 4.58. The number of hydrogen-bond acceptors (Lipinski definition) is 5. The predicted octanol–water partition coefficient (Wildman–Crippen LogP) is 4.49. The van der Waals surface area contributed by atoms with Gasteiger partial charge in [0.2, 0.25) is 5.91 Å². The second-order valence-corrected chi connectivity index (χ2v) is 8.80. The number of ether oxygens (including phenoxy) is 2. The average Bonchev–Trinajstić information content (AvgIpc) is 2.88. The van der Waals surface area contributed by atoms with Gasteiger partial charge >= 0.3 is 5.97 Å². The molecule has 0 aromatic heterocycles. The van der Waals surface area contributed by atoms with Gasteiger partial charge in [0.15, 0.2) is 11.5 Å². The molecule has 3 aromatic rings. The molecule has 0 atom stereocenters. The molecule has 2 N–H and O–H groups in total. The number of likely N-dealkylation sites (N-methyl/N-ethyl adjacent to an activating group) is 1. The molecule has 0 bridgehead atoms. The van der Waals surface area contributed by atoms with E-state index >= 15 is 0 Å². The molecule has 3 rings (SSSR count). The van der Waals surface area contributed by atoms with Crippen molar-refractivity contribution in [3.8, 4) is 22.6 Å². The first-order chi connectivity index (χ1) is 17.1. The second kappa shape index (κ2) is 10.9. The lowest BCUT2D eigenvalue weighted by atomic mass is 10.0. The van der Waals surface area contributed by atoms with E-state index in [0.29, 0.717) is 22.7 Å². The zero-order valence-electron chi connectivity index (χ0n) is 21.0. The van der Waals surface area contributed by atoms with E-state index in [0.717, 1.165) is 16.7 Å². The highest BCUT2D eigenvalue weighted by atomic mass is 16.5. The lowest BCUT2D eigenvalue weighted by molar-refractivity contribution is -0.147. The summed E-state index contributed by atoms with van der Waals surface area (Å²) in [4.78, 5) is 37.9. The van der Waals surface area contributed by atoms with Gasteiger partial charge in [0.1, 0.15) is 5.54 Å². The molecule has 3 aromatic carbocycles. The number of nitrogens with one attached hydrogen (secondary N) is 1. The Morgan fingerprint density at radius 3 is 1.94 bits per heavy atom. The molecule has 0 aliphatic heterocycles. The molecule has 0 saturated heterocycles. The smallest absolute Gasteiger partial charge is 0.329 e. The van der Waals surface area contributed by atoms with Crippen molar-refractivity contribution in [2.24, 2.45) is 0 Å². The van der Waals surface area contributed by atoms with Crippen LogP contribution in [0, 0.1) is 0 Å². The second-order valence-electron chi connectivity index (χ2n) is 8.80. The van der Waals surface area contributed by atoms with E-state index < -0.39 is 11.5 Å². The van der Waals surface area contributed by atoms with Crippen molar-refractivity contribution in [2.45, 2.75) is 25.8 Å². The number of anilines is 1. The summed E-state index contributed by atoms with van der Waals surface area (Å²) in [6.07, 6.45) is 0.185. The van der Waals surface area contributed by atoms with E-state index in [2.05, 4.69) is 5.32 Å². The standard InChI is InChI=1S/C28H30N2O6/c1-28(2,27(33)34)30(3)26(32)21-9-7-19(8-10-21)20-11-13-22(14-12-20)29-25(31)17-18-6-15-23(35-4)24(16-18)36-5/h6-16H,17H2,1-5H3,(H,29,31)(H,33,34). The van der Waals surface area contributed by atoms with Crippen LogP contribution in [0.2, 0.25) is 0 Å². The minimum atomic E-state index is -1.32. The van der Waals surface area contributed by atoms with Crippen molar-refractivity contribution in [3.05, 3.63) is 77.9 Å². The highest BCUT2D eigenvalue weighted by Gasteiger charge is 2.35. The fourth-order valence-electron chi connectivity index (χ4n) is 3.52. The van der Waals surface area contributed by atoms with Crippen LogP contribution in [-0.2, 0) is 16.0 Å². The van der Waals surface area contributed by atoms with Gasteiger partial charge in [0, 0.05) is 18.3 Å². The SMILES string of the molecule is COc1ccc(CC(=O)Nc2ccc(-c3ccc(C(=O)N(C)C(C)(C)C(=O)O)cc3)cc2)cc1OC. The van der Waals surface area contributed by atoms with Gasteiger partial charge in [0.25, 0.3) is 5.91 Å². The van der Waals surface area contributed by atoms with Crippen LogP contribution >= 0.6 is 0 Å². The number of carboxylic acid groups (broad SMARTS) is 1. The summed E-state index contributed by atoms with van der Waals surface area (Å²) < 4.78 is 10.5. The lowest BCUT2D eigenvalue weighted by Gasteiger charge is -2.31. The third-order valence-electron chi connectivity index (χ3n) is 6.11. The maximum atomic E-state index is 12.7. The zero-order chi connectivity index (χ0) is 26.5. The highest BCUT2D eigenvalue weighted by Crippen LogP contribution is 2.28. The van der Waals surface area contributed by atoms with Crippen molar-refractivity contribution >= 4 is 23.5 Å². The molecular weight excluding hydrogens is 460 g/mol. The summed E-state index contributed by atoms with van der Waals surface area (Å²) in [5.41, 5.74) is 2.33. The quantitative estimate of drug-likeness (QED) is 0.458. The van der Waals surface area contributed by atoms with Crippen LogP contribution in [0.5, 0.6) is 11.5 Å². The summed E-state index contributed by atoms with van der Waals surface area (Å²) in [5.74, 6) is -0.443. The Kier molecular flexibility index (Phi) is 7.99. The summed E-state index contributed by atoms with van der Waals surface area (Å²) in [5, 5.41) is 12.2. The molecule has 0 aliphatic carbocycles. The summed E-state index contributed by atoms with van der Waals surface area (Å²) in [6, 6.07) is 19.7. The fourth-order valence-corrected chi connectivity index (χ4v) is 3.52. The van der Waals surface area contributed by atoms with Crippen molar-refractivity contribution in [1.29, 1.82) is 0 Å². The Labute approximate surface area is 210 Å². The normalized spacial score (nSPS) is 10.9. The molecule has 188 valence electrons. The Balaban J connectivity index is 1.64. The molecule has 0 fully saturated rings. The Morgan fingerprint density at radius 1 is 0.861 bits per heavy atom. The lowest BCUT2D eigenvalue weighted by Crippen LogP contribution is -2.50. The maximum Gasteiger partial charge on any atom is 0.329 e. The van der Waals surface area contributed by atoms with Crippen LogP contribution in [0.1, 0.15) is 29.8 Å². The molecule has 0 aliphatic rings. The molecule has 8 heteroatoms. The third kappa shape index (κ3) is 5.83. The van der Waals surface area contributed by atoms with E-state index in [-0.39, 0.29) is 18.2 Å². The van der Waals surface area contributed by atoms with E-state index in [9.17, 15) is 19.5 Å². The van der Waals surface area contributed by atoms with Crippen LogP contribution in [0.25, 0.3) is 11.1 Å².